The maximum absolute atomic E-state index is 11.0. The van der Waals surface area contributed by atoms with Gasteiger partial charge in [0.2, 0.25) is 0 Å². The molecular weight excluding hydrogens is 276 g/mol. The molecule has 2 bridgehead atoms. The molecule has 2 fully saturated rings. The van der Waals surface area contributed by atoms with E-state index in [9.17, 15) is 4.79 Å². The van der Waals surface area contributed by atoms with E-state index in [1.54, 1.807) is 12.1 Å². The topological polar surface area (TPSA) is 62.2 Å². The van der Waals surface area contributed by atoms with Crippen molar-refractivity contribution < 1.29 is 9.90 Å². The summed E-state index contributed by atoms with van der Waals surface area (Å²) in [6.07, 6.45) is 5.38. The van der Waals surface area contributed by atoms with Crippen molar-refractivity contribution in [3.63, 3.8) is 0 Å². The largest absolute Gasteiger partial charge is 0.476 e. The summed E-state index contributed by atoms with van der Waals surface area (Å²) in [7, 11) is 0. The zero-order valence-corrected chi connectivity index (χ0v) is 12.2. The first-order valence-corrected chi connectivity index (χ1v) is 7.58. The third kappa shape index (κ3) is 2.49. The van der Waals surface area contributed by atoms with E-state index in [1.165, 1.54) is 25.7 Å². The molecule has 0 spiro atoms. The Labute approximate surface area is 123 Å². The van der Waals surface area contributed by atoms with E-state index in [1.807, 2.05) is 0 Å². The minimum atomic E-state index is -1.09. The van der Waals surface area contributed by atoms with Gasteiger partial charge in [-0.05, 0) is 56.1 Å². The minimum Gasteiger partial charge on any atom is -0.476 e. The number of carbonyl (C=O) groups is 1. The van der Waals surface area contributed by atoms with Crippen LogP contribution < -0.4 is 5.32 Å². The van der Waals surface area contributed by atoms with Crippen LogP contribution in [0.2, 0.25) is 5.02 Å². The van der Waals surface area contributed by atoms with Crippen molar-refractivity contribution in [3.8, 4) is 0 Å². The third-order valence-corrected chi connectivity index (χ3v) is 5.16. The van der Waals surface area contributed by atoms with Crippen LogP contribution in [0.15, 0.2) is 12.1 Å². The van der Waals surface area contributed by atoms with Gasteiger partial charge in [-0.25, -0.2) is 9.78 Å². The van der Waals surface area contributed by atoms with Crippen LogP contribution in [0.1, 0.15) is 43.1 Å². The molecule has 20 heavy (non-hydrogen) atoms. The maximum Gasteiger partial charge on any atom is 0.356 e. The SMILES string of the molecule is CC(Nc1ccc(Cl)c(C(=O)O)n1)C1CC2CCC1C2. The Balaban J connectivity index is 1.71. The van der Waals surface area contributed by atoms with Gasteiger partial charge in [0, 0.05) is 6.04 Å². The van der Waals surface area contributed by atoms with Gasteiger partial charge in [-0.2, -0.15) is 0 Å². The second-order valence-corrected chi connectivity index (χ2v) is 6.51. The van der Waals surface area contributed by atoms with Gasteiger partial charge >= 0.3 is 5.97 Å². The predicted molar refractivity (Wildman–Crippen MR) is 78.2 cm³/mol. The molecule has 0 aromatic carbocycles. The molecule has 1 heterocycles. The van der Waals surface area contributed by atoms with Crippen LogP contribution in [0, 0.1) is 17.8 Å². The average Bonchev–Trinajstić information content (AvgIpc) is 3.03. The molecular formula is C15H19ClN2O2. The van der Waals surface area contributed by atoms with Gasteiger partial charge in [-0.15, -0.1) is 0 Å². The number of rotatable bonds is 4. The van der Waals surface area contributed by atoms with E-state index >= 15 is 0 Å². The summed E-state index contributed by atoms with van der Waals surface area (Å²) in [6, 6.07) is 3.66. The number of carboxylic acid groups (broad SMARTS) is 1. The second-order valence-electron chi connectivity index (χ2n) is 6.10. The van der Waals surface area contributed by atoms with Crippen molar-refractivity contribution in [1.82, 2.24) is 4.98 Å². The standard InChI is InChI=1S/C15H19ClN2O2/c1-8(11-7-9-2-3-10(11)6-9)17-13-5-4-12(16)14(18-13)15(19)20/h4-5,8-11H,2-3,6-7H2,1H3,(H,17,18)(H,19,20). The summed E-state index contributed by atoms with van der Waals surface area (Å²) < 4.78 is 0. The average molecular weight is 295 g/mol. The van der Waals surface area contributed by atoms with Crippen LogP contribution in [-0.4, -0.2) is 22.1 Å². The molecule has 3 rings (SSSR count). The lowest BCUT2D eigenvalue weighted by Gasteiger charge is -2.29. The Kier molecular flexibility index (Phi) is 3.59. The Morgan fingerprint density at radius 1 is 1.45 bits per heavy atom. The molecule has 2 saturated carbocycles. The smallest absolute Gasteiger partial charge is 0.356 e. The van der Waals surface area contributed by atoms with Crippen LogP contribution in [-0.2, 0) is 0 Å². The molecule has 4 unspecified atom stereocenters. The fourth-order valence-electron chi connectivity index (χ4n) is 3.92. The number of pyridine rings is 1. The summed E-state index contributed by atoms with van der Waals surface area (Å²) in [4.78, 5) is 15.1. The van der Waals surface area contributed by atoms with E-state index in [0.29, 0.717) is 17.8 Å². The van der Waals surface area contributed by atoms with E-state index in [0.717, 1.165) is 11.8 Å². The number of nitrogens with one attached hydrogen (secondary N) is 1. The molecule has 2 aliphatic rings. The molecule has 1 aromatic rings. The summed E-state index contributed by atoms with van der Waals surface area (Å²) >= 11 is 5.84. The van der Waals surface area contributed by atoms with Gasteiger partial charge in [0.25, 0.3) is 0 Å². The first kappa shape index (κ1) is 13.7. The predicted octanol–water partition coefficient (Wildman–Crippen LogP) is 3.67. The van der Waals surface area contributed by atoms with Crippen molar-refractivity contribution in [1.29, 1.82) is 0 Å². The molecule has 0 radical (unpaired) electrons. The highest BCUT2D eigenvalue weighted by molar-refractivity contribution is 6.33. The lowest BCUT2D eigenvalue weighted by molar-refractivity contribution is 0.0691. The molecule has 0 aliphatic heterocycles. The fourth-order valence-corrected chi connectivity index (χ4v) is 4.11. The number of hydrogen-bond acceptors (Lipinski definition) is 3. The molecule has 108 valence electrons. The summed E-state index contributed by atoms with van der Waals surface area (Å²) in [6.45, 7) is 2.17. The number of nitrogens with zero attached hydrogens (tertiary/aromatic N) is 1. The number of aromatic carboxylic acids is 1. The molecule has 2 aliphatic carbocycles. The minimum absolute atomic E-state index is 0.0863. The molecule has 2 N–H and O–H groups in total. The number of halogens is 1. The van der Waals surface area contributed by atoms with Crippen molar-refractivity contribution in [2.24, 2.45) is 17.8 Å². The van der Waals surface area contributed by atoms with E-state index in [2.05, 4.69) is 17.2 Å². The molecule has 0 amide bonds. The van der Waals surface area contributed by atoms with Crippen LogP contribution in [0.4, 0.5) is 5.82 Å². The zero-order chi connectivity index (χ0) is 14.3. The quantitative estimate of drug-likeness (QED) is 0.889. The first-order valence-electron chi connectivity index (χ1n) is 7.21. The van der Waals surface area contributed by atoms with Crippen molar-refractivity contribution >= 4 is 23.4 Å². The van der Waals surface area contributed by atoms with Gasteiger partial charge < -0.3 is 10.4 Å². The summed E-state index contributed by atoms with van der Waals surface area (Å²) in [5.41, 5.74) is -0.0863. The van der Waals surface area contributed by atoms with Crippen LogP contribution in [0.5, 0.6) is 0 Å². The number of hydrogen-bond donors (Lipinski definition) is 2. The van der Waals surface area contributed by atoms with E-state index in [-0.39, 0.29) is 10.7 Å². The molecule has 5 heteroatoms. The van der Waals surface area contributed by atoms with Crippen LogP contribution in [0.25, 0.3) is 0 Å². The molecule has 4 atom stereocenters. The van der Waals surface area contributed by atoms with Gasteiger partial charge in [-0.1, -0.05) is 18.0 Å². The lowest BCUT2D eigenvalue weighted by Crippen LogP contribution is -2.30. The second kappa shape index (κ2) is 5.24. The lowest BCUT2D eigenvalue weighted by atomic mass is 9.84. The Hall–Kier alpha value is -1.29. The van der Waals surface area contributed by atoms with Gasteiger partial charge in [0.1, 0.15) is 5.82 Å². The Morgan fingerprint density at radius 3 is 2.85 bits per heavy atom. The fraction of sp³-hybridized carbons (Fsp3) is 0.600. The van der Waals surface area contributed by atoms with Crippen molar-refractivity contribution in [3.05, 3.63) is 22.8 Å². The van der Waals surface area contributed by atoms with Crippen molar-refractivity contribution in [2.75, 3.05) is 5.32 Å². The highest BCUT2D eigenvalue weighted by Gasteiger charge is 2.41. The Bertz CT molecular complexity index is 535. The van der Waals surface area contributed by atoms with Gasteiger partial charge in [-0.3, -0.25) is 0 Å². The summed E-state index contributed by atoms with van der Waals surface area (Å²) in [5.74, 6) is 1.92. The van der Waals surface area contributed by atoms with Gasteiger partial charge in [0.15, 0.2) is 5.69 Å². The molecule has 1 aromatic heterocycles. The maximum atomic E-state index is 11.0. The van der Waals surface area contributed by atoms with Crippen LogP contribution >= 0.6 is 11.6 Å². The van der Waals surface area contributed by atoms with Crippen molar-refractivity contribution in [2.45, 2.75) is 38.6 Å². The summed E-state index contributed by atoms with van der Waals surface area (Å²) in [5, 5.41) is 12.6. The zero-order valence-electron chi connectivity index (χ0n) is 11.5. The number of anilines is 1. The molecule has 0 saturated heterocycles. The van der Waals surface area contributed by atoms with Crippen LogP contribution in [0.3, 0.4) is 0 Å². The van der Waals surface area contributed by atoms with E-state index in [4.69, 9.17) is 16.7 Å². The van der Waals surface area contributed by atoms with Gasteiger partial charge in [0.05, 0.1) is 5.02 Å². The third-order valence-electron chi connectivity index (χ3n) is 4.86. The Morgan fingerprint density at radius 2 is 2.25 bits per heavy atom. The normalized spacial score (nSPS) is 29.4. The highest BCUT2D eigenvalue weighted by atomic mass is 35.5. The monoisotopic (exact) mass is 294 g/mol. The highest BCUT2D eigenvalue weighted by Crippen LogP contribution is 2.49. The number of fused-ring (bicyclic) bond motifs is 2. The first-order chi connectivity index (χ1) is 9.54. The molecule has 4 nitrogen and oxygen atoms in total. The van der Waals surface area contributed by atoms with E-state index < -0.39 is 5.97 Å². The number of carboxylic acids is 1. The number of aromatic nitrogens is 1.